The minimum absolute atomic E-state index is 0.0838. The molecule has 3 nitrogen and oxygen atoms in total. The predicted octanol–water partition coefficient (Wildman–Crippen LogP) is 1.77. The summed E-state index contributed by atoms with van der Waals surface area (Å²) in [5, 5.41) is 0. The van der Waals surface area contributed by atoms with Gasteiger partial charge in [0.25, 0.3) is 0 Å². The maximum atomic E-state index is 11.3. The molecule has 0 radical (unpaired) electrons. The highest BCUT2D eigenvalue weighted by molar-refractivity contribution is 5.74. The van der Waals surface area contributed by atoms with Crippen LogP contribution in [-0.4, -0.2) is 28.7 Å². The lowest BCUT2D eigenvalue weighted by molar-refractivity contribution is -0.181. The third-order valence-electron chi connectivity index (χ3n) is 2.55. The van der Waals surface area contributed by atoms with Crippen molar-refractivity contribution in [3.05, 3.63) is 0 Å². The van der Waals surface area contributed by atoms with Gasteiger partial charge in [-0.15, -0.1) is 0 Å². The van der Waals surface area contributed by atoms with E-state index in [1.807, 2.05) is 0 Å². The Morgan fingerprint density at radius 1 is 1.31 bits per heavy atom. The van der Waals surface area contributed by atoms with Crippen LogP contribution in [0.25, 0.3) is 0 Å². The van der Waals surface area contributed by atoms with Crippen LogP contribution in [0.4, 0.5) is 0 Å². The minimum atomic E-state index is -0.116. The van der Waals surface area contributed by atoms with Gasteiger partial charge in [-0.2, -0.15) is 0 Å². The Balaban J connectivity index is 2.79. The molecule has 0 aromatic heterocycles. The Bertz CT molecular complexity index is 221. The van der Waals surface area contributed by atoms with E-state index in [9.17, 15) is 4.79 Å². The van der Waals surface area contributed by atoms with Gasteiger partial charge in [-0.05, 0) is 34.1 Å². The average Bonchev–Trinajstić information content (AvgIpc) is 1.79. The summed E-state index contributed by atoms with van der Waals surface area (Å²) in [4.78, 5) is 13.0. The van der Waals surface area contributed by atoms with Gasteiger partial charge in [0.05, 0.1) is 5.60 Å². The topological polar surface area (TPSA) is 29.5 Å². The summed E-state index contributed by atoms with van der Waals surface area (Å²) in [6, 6.07) is 0. The first kappa shape index (κ1) is 10.5. The van der Waals surface area contributed by atoms with Gasteiger partial charge in [0, 0.05) is 12.5 Å². The van der Waals surface area contributed by atoms with Crippen LogP contribution >= 0.6 is 0 Å². The molecule has 0 N–H and O–H groups in total. The van der Waals surface area contributed by atoms with Crippen molar-refractivity contribution >= 4 is 5.91 Å². The van der Waals surface area contributed by atoms with Gasteiger partial charge in [-0.3, -0.25) is 4.79 Å². The van der Waals surface area contributed by atoms with Gasteiger partial charge in [0.2, 0.25) is 5.91 Å². The molecule has 0 aromatic carbocycles. The zero-order valence-electron chi connectivity index (χ0n) is 9.18. The first-order chi connectivity index (χ1) is 5.75. The maximum Gasteiger partial charge on any atom is 0.221 e. The van der Waals surface area contributed by atoms with Crippen molar-refractivity contribution in [3.63, 3.8) is 0 Å². The van der Waals surface area contributed by atoms with Crippen LogP contribution in [-0.2, 0) is 9.53 Å². The zero-order valence-corrected chi connectivity index (χ0v) is 9.18. The molecule has 13 heavy (non-hydrogen) atoms. The Hall–Kier alpha value is -0.570. The van der Waals surface area contributed by atoms with Crippen molar-refractivity contribution in [1.82, 2.24) is 4.90 Å². The second-order valence-corrected chi connectivity index (χ2v) is 4.97. The first-order valence-corrected chi connectivity index (χ1v) is 4.67. The molecular formula is C10H19NO2. The summed E-state index contributed by atoms with van der Waals surface area (Å²) in [6.45, 7) is 10.3. The summed E-state index contributed by atoms with van der Waals surface area (Å²) in [7, 11) is 0. The van der Waals surface area contributed by atoms with Crippen LogP contribution in [0.2, 0.25) is 0 Å². The lowest BCUT2D eigenvalue weighted by Crippen LogP contribution is -2.57. The number of ether oxygens (including phenoxy) is 1. The lowest BCUT2D eigenvalue weighted by Gasteiger charge is -2.48. The molecule has 0 unspecified atom stereocenters. The Morgan fingerprint density at radius 3 is 2.23 bits per heavy atom. The number of hydrogen-bond donors (Lipinski definition) is 0. The number of carbonyl (C=O) groups excluding carboxylic acids is 1. The summed E-state index contributed by atoms with van der Waals surface area (Å²) in [5.74, 6) is 0.0838. The van der Waals surface area contributed by atoms with E-state index >= 15 is 0 Å². The van der Waals surface area contributed by atoms with Crippen molar-refractivity contribution in [3.8, 4) is 0 Å². The van der Waals surface area contributed by atoms with Gasteiger partial charge in [-0.25, -0.2) is 0 Å². The Kier molecular flexibility index (Phi) is 2.41. The van der Waals surface area contributed by atoms with E-state index in [0.29, 0.717) is 6.73 Å². The van der Waals surface area contributed by atoms with Crippen LogP contribution in [0.15, 0.2) is 0 Å². The summed E-state index contributed by atoms with van der Waals surface area (Å²) in [6.07, 6.45) is 0.875. The van der Waals surface area contributed by atoms with Crippen LogP contribution < -0.4 is 0 Å². The molecule has 1 heterocycles. The number of nitrogens with zero attached hydrogens (tertiary/aromatic N) is 1. The van der Waals surface area contributed by atoms with Crippen LogP contribution in [0.5, 0.6) is 0 Å². The highest BCUT2D eigenvalue weighted by atomic mass is 16.5. The van der Waals surface area contributed by atoms with Crippen molar-refractivity contribution in [2.24, 2.45) is 0 Å². The second kappa shape index (κ2) is 2.98. The van der Waals surface area contributed by atoms with Gasteiger partial charge < -0.3 is 9.64 Å². The molecule has 1 aliphatic rings. The van der Waals surface area contributed by atoms with E-state index < -0.39 is 0 Å². The molecule has 0 aromatic rings. The van der Waals surface area contributed by atoms with E-state index in [4.69, 9.17) is 4.74 Å². The van der Waals surface area contributed by atoms with E-state index in [2.05, 4.69) is 27.7 Å². The molecule has 1 aliphatic heterocycles. The molecule has 0 saturated carbocycles. The first-order valence-electron chi connectivity index (χ1n) is 4.67. The second-order valence-electron chi connectivity index (χ2n) is 4.97. The molecule has 0 aliphatic carbocycles. The van der Waals surface area contributed by atoms with E-state index in [1.54, 1.807) is 11.8 Å². The zero-order chi connectivity index (χ0) is 10.3. The summed E-state index contributed by atoms with van der Waals surface area (Å²) >= 11 is 0. The average molecular weight is 185 g/mol. The standard InChI is InChI=1S/C10H19NO2/c1-8(12)11-7-13-10(4,5)6-9(11,2)3/h6-7H2,1-5H3. The maximum absolute atomic E-state index is 11.3. The van der Waals surface area contributed by atoms with Crippen LogP contribution in [0.3, 0.4) is 0 Å². The van der Waals surface area contributed by atoms with Gasteiger partial charge >= 0.3 is 0 Å². The SMILES string of the molecule is CC(=O)N1COC(C)(C)CC1(C)C. The number of carbonyl (C=O) groups is 1. The number of rotatable bonds is 0. The highest BCUT2D eigenvalue weighted by Gasteiger charge is 2.40. The van der Waals surface area contributed by atoms with Gasteiger partial charge in [0.15, 0.2) is 0 Å². The highest BCUT2D eigenvalue weighted by Crippen LogP contribution is 2.33. The van der Waals surface area contributed by atoms with Gasteiger partial charge in [-0.1, -0.05) is 0 Å². The van der Waals surface area contributed by atoms with E-state index in [0.717, 1.165) is 6.42 Å². The molecule has 76 valence electrons. The fourth-order valence-corrected chi connectivity index (χ4v) is 2.12. The fraction of sp³-hybridized carbons (Fsp3) is 0.900. The molecule has 0 spiro atoms. The largest absolute Gasteiger partial charge is 0.355 e. The van der Waals surface area contributed by atoms with Crippen molar-refractivity contribution in [1.29, 1.82) is 0 Å². The Morgan fingerprint density at radius 2 is 1.85 bits per heavy atom. The van der Waals surface area contributed by atoms with Crippen molar-refractivity contribution in [2.45, 2.75) is 52.2 Å². The lowest BCUT2D eigenvalue weighted by atomic mass is 9.86. The minimum Gasteiger partial charge on any atom is -0.355 e. The molecule has 1 fully saturated rings. The smallest absolute Gasteiger partial charge is 0.221 e. The van der Waals surface area contributed by atoms with Crippen molar-refractivity contribution < 1.29 is 9.53 Å². The Labute approximate surface area is 80.1 Å². The monoisotopic (exact) mass is 185 g/mol. The molecule has 0 bridgehead atoms. The van der Waals surface area contributed by atoms with Crippen LogP contribution in [0, 0.1) is 0 Å². The molecule has 3 heteroatoms. The van der Waals surface area contributed by atoms with Gasteiger partial charge in [0.1, 0.15) is 6.73 Å². The predicted molar refractivity (Wildman–Crippen MR) is 51.2 cm³/mol. The summed E-state index contributed by atoms with van der Waals surface area (Å²) in [5.41, 5.74) is -0.205. The van der Waals surface area contributed by atoms with Crippen LogP contribution in [0.1, 0.15) is 41.0 Å². The van der Waals surface area contributed by atoms with E-state index in [1.165, 1.54) is 0 Å². The van der Waals surface area contributed by atoms with Crippen molar-refractivity contribution in [2.75, 3.05) is 6.73 Å². The number of hydrogen-bond acceptors (Lipinski definition) is 2. The normalized spacial score (nSPS) is 25.8. The quantitative estimate of drug-likeness (QED) is 0.575. The van der Waals surface area contributed by atoms with E-state index in [-0.39, 0.29) is 17.0 Å². The fourth-order valence-electron chi connectivity index (χ4n) is 2.12. The number of amides is 1. The molecule has 1 rings (SSSR count). The third-order valence-corrected chi connectivity index (χ3v) is 2.55. The summed E-state index contributed by atoms with van der Waals surface area (Å²) < 4.78 is 5.58. The third kappa shape index (κ3) is 2.21. The molecular weight excluding hydrogens is 166 g/mol. The molecule has 1 amide bonds. The molecule has 0 atom stereocenters. The molecule has 1 saturated heterocycles.